The zero-order valence-electron chi connectivity index (χ0n) is 10.0. The van der Waals surface area contributed by atoms with E-state index < -0.39 is 17.9 Å². The lowest BCUT2D eigenvalue weighted by molar-refractivity contribution is -0.577. The van der Waals surface area contributed by atoms with Crippen molar-refractivity contribution >= 4 is 0 Å². The van der Waals surface area contributed by atoms with Crippen molar-refractivity contribution in [3.05, 3.63) is 45.5 Å². The lowest BCUT2D eigenvalue weighted by Gasteiger charge is -2.23. The van der Waals surface area contributed by atoms with Crippen LogP contribution in [0.2, 0.25) is 0 Å². The molecule has 92 valence electrons. The number of hydrogen-bond donors (Lipinski definition) is 0. The molecule has 0 amide bonds. The molecule has 0 unspecified atom stereocenters. The van der Waals surface area contributed by atoms with Crippen LogP contribution >= 0.6 is 0 Å². The van der Waals surface area contributed by atoms with Crippen LogP contribution in [-0.2, 0) is 9.47 Å². The van der Waals surface area contributed by atoms with Crippen molar-refractivity contribution < 1.29 is 14.4 Å². The van der Waals surface area contributed by atoms with Gasteiger partial charge in [-0.15, -0.1) is 0 Å². The fourth-order valence-electron chi connectivity index (χ4n) is 2.06. The second-order valence-electron chi connectivity index (χ2n) is 4.62. The maximum atomic E-state index is 11.1. The van der Waals surface area contributed by atoms with Gasteiger partial charge in [-0.3, -0.25) is 10.1 Å². The van der Waals surface area contributed by atoms with Gasteiger partial charge >= 0.3 is 0 Å². The predicted octanol–water partition coefficient (Wildman–Crippen LogP) is 2.46. The molecule has 0 bridgehead atoms. The van der Waals surface area contributed by atoms with Gasteiger partial charge in [-0.25, -0.2) is 0 Å². The van der Waals surface area contributed by atoms with E-state index in [4.69, 9.17) is 9.47 Å². The number of hydrogen-bond acceptors (Lipinski definition) is 4. The Kier molecular flexibility index (Phi) is 2.89. The highest BCUT2D eigenvalue weighted by Crippen LogP contribution is 2.45. The first-order chi connectivity index (χ1) is 7.98. The number of benzene rings is 1. The van der Waals surface area contributed by atoms with Gasteiger partial charge in [0.15, 0.2) is 12.4 Å². The number of rotatable bonds is 3. The Bertz CT molecular complexity index is 444. The summed E-state index contributed by atoms with van der Waals surface area (Å²) in [5, 5.41) is 11.1. The first kappa shape index (κ1) is 12.0. The van der Waals surface area contributed by atoms with Gasteiger partial charge in [0.1, 0.15) is 0 Å². The van der Waals surface area contributed by atoms with E-state index in [0.717, 1.165) is 11.1 Å². The normalized spacial score (nSPS) is 23.5. The highest BCUT2D eigenvalue weighted by atomic mass is 16.7. The third-order valence-electron chi connectivity index (χ3n) is 3.12. The zero-order valence-corrected chi connectivity index (χ0v) is 10.0. The second-order valence-corrected chi connectivity index (χ2v) is 4.62. The van der Waals surface area contributed by atoms with Crippen molar-refractivity contribution in [2.45, 2.75) is 31.8 Å². The maximum absolute atomic E-state index is 11.1. The van der Waals surface area contributed by atoms with Gasteiger partial charge in [-0.1, -0.05) is 24.3 Å². The van der Waals surface area contributed by atoms with Crippen LogP contribution in [0.5, 0.6) is 0 Å². The minimum atomic E-state index is -1.18. The molecule has 1 aliphatic heterocycles. The van der Waals surface area contributed by atoms with E-state index in [1.807, 2.05) is 24.3 Å². The number of ether oxygens (including phenoxy) is 2. The summed E-state index contributed by atoms with van der Waals surface area (Å²) in [4.78, 5) is 10.8. The number of nitro groups is 1. The van der Waals surface area contributed by atoms with Gasteiger partial charge in [0.05, 0.1) is 0 Å². The fraction of sp³-hybridized carbons (Fsp3) is 0.500. The molecule has 17 heavy (non-hydrogen) atoms. The number of fused-ring (bicyclic) bond motifs is 1. The van der Waals surface area contributed by atoms with Gasteiger partial charge in [0, 0.05) is 31.4 Å². The summed E-state index contributed by atoms with van der Waals surface area (Å²) in [6, 6.07) is 7.45. The third-order valence-corrected chi connectivity index (χ3v) is 3.12. The second kappa shape index (κ2) is 4.09. The van der Waals surface area contributed by atoms with Crippen LogP contribution in [0.25, 0.3) is 0 Å². The summed E-state index contributed by atoms with van der Waals surface area (Å²) < 4.78 is 10.8. The van der Waals surface area contributed by atoms with Crippen LogP contribution in [0, 0.1) is 10.1 Å². The molecule has 5 heteroatoms. The minimum absolute atomic E-state index is 0.313. The summed E-state index contributed by atoms with van der Waals surface area (Å²) in [7, 11) is 1.53. The largest absolute Gasteiger partial charge is 0.352 e. The van der Waals surface area contributed by atoms with Crippen LogP contribution in [-0.4, -0.2) is 17.6 Å². The molecular formula is C12H15NO4. The number of methoxy groups -OCH3 is 1. The van der Waals surface area contributed by atoms with Crippen molar-refractivity contribution in [3.8, 4) is 0 Å². The van der Waals surface area contributed by atoms with E-state index in [1.165, 1.54) is 7.11 Å². The molecule has 1 aliphatic rings. The highest BCUT2D eigenvalue weighted by molar-refractivity contribution is 5.34. The van der Waals surface area contributed by atoms with Crippen molar-refractivity contribution in [3.63, 3.8) is 0 Å². The quantitative estimate of drug-likeness (QED) is 0.598. The molecule has 0 saturated heterocycles. The molecule has 0 spiro atoms. The van der Waals surface area contributed by atoms with Crippen LogP contribution in [0.1, 0.15) is 37.4 Å². The Morgan fingerprint density at radius 3 is 2.47 bits per heavy atom. The first-order valence-electron chi connectivity index (χ1n) is 5.40. The molecule has 5 nitrogen and oxygen atoms in total. The smallest absolute Gasteiger partial charge is 0.246 e. The molecule has 0 fully saturated rings. The Hall–Kier alpha value is -1.46. The molecule has 1 heterocycles. The molecule has 2 rings (SSSR count). The monoisotopic (exact) mass is 237 g/mol. The van der Waals surface area contributed by atoms with E-state index in [2.05, 4.69) is 0 Å². The van der Waals surface area contributed by atoms with E-state index in [9.17, 15) is 10.1 Å². The van der Waals surface area contributed by atoms with E-state index >= 15 is 0 Å². The summed E-state index contributed by atoms with van der Waals surface area (Å²) in [5.74, 6) is 0. The summed E-state index contributed by atoms with van der Waals surface area (Å²) in [5.41, 5.74) is 0.527. The molecule has 2 atom stereocenters. The summed E-state index contributed by atoms with van der Waals surface area (Å²) in [6.45, 7) is 3.12. The molecule has 0 aliphatic carbocycles. The molecule has 1 aromatic carbocycles. The highest BCUT2D eigenvalue weighted by Gasteiger charge is 2.49. The van der Waals surface area contributed by atoms with E-state index in [1.54, 1.807) is 13.8 Å². The van der Waals surface area contributed by atoms with Crippen LogP contribution < -0.4 is 0 Å². The topological polar surface area (TPSA) is 61.6 Å². The molecule has 0 radical (unpaired) electrons. The SMILES string of the molecule is CO[C@@H]1O[C@H](C(C)(C)[N+](=O)[O-])c2ccccc21. The van der Waals surface area contributed by atoms with Gasteiger partial charge in [-0.2, -0.15) is 0 Å². The average molecular weight is 237 g/mol. The molecule has 0 aromatic heterocycles. The predicted molar refractivity (Wildman–Crippen MR) is 61.1 cm³/mol. The molecular weight excluding hydrogens is 222 g/mol. The fourth-order valence-corrected chi connectivity index (χ4v) is 2.06. The van der Waals surface area contributed by atoms with E-state index in [0.29, 0.717) is 0 Å². The van der Waals surface area contributed by atoms with Crippen LogP contribution in [0.15, 0.2) is 24.3 Å². The van der Waals surface area contributed by atoms with Gasteiger partial charge in [-0.05, 0) is 5.56 Å². The molecule has 1 aromatic rings. The van der Waals surface area contributed by atoms with Crippen LogP contribution in [0.3, 0.4) is 0 Å². The Morgan fingerprint density at radius 1 is 1.35 bits per heavy atom. The lowest BCUT2D eigenvalue weighted by atomic mass is 9.91. The van der Waals surface area contributed by atoms with Gasteiger partial charge < -0.3 is 9.47 Å². The Morgan fingerprint density at radius 2 is 1.94 bits per heavy atom. The standard InChI is InChI=1S/C12H15NO4/c1-12(2,13(14)15)10-8-6-4-5-7-9(8)11(16-3)17-10/h4-7,10-11H,1-3H3/t10-,11+/m0/s1. The first-order valence-corrected chi connectivity index (χ1v) is 5.40. The Balaban J connectivity index is 2.44. The maximum Gasteiger partial charge on any atom is 0.246 e. The van der Waals surface area contributed by atoms with Crippen molar-refractivity contribution in [1.82, 2.24) is 0 Å². The van der Waals surface area contributed by atoms with Crippen molar-refractivity contribution in [2.75, 3.05) is 7.11 Å². The molecule has 0 N–H and O–H groups in total. The Labute approximate surface area is 99.5 Å². The lowest BCUT2D eigenvalue weighted by Crippen LogP contribution is -2.38. The molecule has 0 saturated carbocycles. The minimum Gasteiger partial charge on any atom is -0.352 e. The van der Waals surface area contributed by atoms with E-state index in [-0.39, 0.29) is 4.92 Å². The van der Waals surface area contributed by atoms with Gasteiger partial charge in [0.25, 0.3) is 0 Å². The summed E-state index contributed by atoms with van der Waals surface area (Å²) in [6.07, 6.45) is -1.10. The van der Waals surface area contributed by atoms with Crippen molar-refractivity contribution in [2.24, 2.45) is 0 Å². The number of nitrogens with zero attached hydrogens (tertiary/aromatic N) is 1. The van der Waals surface area contributed by atoms with Crippen LogP contribution in [0.4, 0.5) is 0 Å². The third kappa shape index (κ3) is 1.81. The zero-order chi connectivity index (χ0) is 12.6. The van der Waals surface area contributed by atoms with Crippen molar-refractivity contribution in [1.29, 1.82) is 0 Å². The average Bonchev–Trinajstić information content (AvgIpc) is 2.68. The summed E-state index contributed by atoms with van der Waals surface area (Å²) >= 11 is 0. The van der Waals surface area contributed by atoms with Gasteiger partial charge in [0.2, 0.25) is 5.54 Å².